The fourth-order valence-electron chi connectivity index (χ4n) is 2.06. The van der Waals surface area contributed by atoms with E-state index in [0.717, 1.165) is 18.4 Å². The molecule has 0 saturated carbocycles. The first-order chi connectivity index (χ1) is 6.65. The molecule has 0 heterocycles. The van der Waals surface area contributed by atoms with Gasteiger partial charge in [0, 0.05) is 12.1 Å². The van der Waals surface area contributed by atoms with Crippen LogP contribution in [-0.2, 0) is 16.8 Å². The van der Waals surface area contributed by atoms with Crippen LogP contribution in [0, 0.1) is 0 Å². The maximum atomic E-state index is 10.3. The summed E-state index contributed by atoms with van der Waals surface area (Å²) < 4.78 is 5.03. The third-order valence-corrected chi connectivity index (χ3v) is 3.00. The van der Waals surface area contributed by atoms with E-state index < -0.39 is 5.60 Å². The maximum absolute atomic E-state index is 10.3. The second kappa shape index (κ2) is 3.54. The van der Waals surface area contributed by atoms with Crippen molar-refractivity contribution in [1.29, 1.82) is 0 Å². The number of rotatable bonds is 2. The number of ether oxygens (including phenoxy) is 1. The molecule has 0 radical (unpaired) electrons. The molecule has 1 atom stereocenters. The summed E-state index contributed by atoms with van der Waals surface area (Å²) in [7, 11) is 1.60. The molecule has 2 nitrogen and oxygen atoms in total. The SMILES string of the molecule is COCC1(O)CCc2ccc(Cl)cc21. The molecular formula is C11H13ClO2. The molecule has 0 amide bonds. The molecule has 0 bridgehead atoms. The fourth-order valence-corrected chi connectivity index (χ4v) is 2.24. The van der Waals surface area contributed by atoms with Crippen LogP contribution in [-0.4, -0.2) is 18.8 Å². The largest absolute Gasteiger partial charge is 0.383 e. The lowest BCUT2D eigenvalue weighted by molar-refractivity contribution is -0.0340. The van der Waals surface area contributed by atoms with Gasteiger partial charge in [0.25, 0.3) is 0 Å². The topological polar surface area (TPSA) is 29.5 Å². The lowest BCUT2D eigenvalue weighted by Gasteiger charge is -2.22. The number of fused-ring (bicyclic) bond motifs is 1. The van der Waals surface area contributed by atoms with Crippen LogP contribution in [0.25, 0.3) is 0 Å². The Morgan fingerprint density at radius 1 is 1.57 bits per heavy atom. The lowest BCUT2D eigenvalue weighted by Crippen LogP contribution is -2.28. The monoisotopic (exact) mass is 212 g/mol. The second-order valence-corrected chi connectivity index (χ2v) is 4.20. The van der Waals surface area contributed by atoms with Crippen LogP contribution in [0.3, 0.4) is 0 Å². The van der Waals surface area contributed by atoms with E-state index in [4.69, 9.17) is 16.3 Å². The van der Waals surface area contributed by atoms with Crippen molar-refractivity contribution in [2.75, 3.05) is 13.7 Å². The first kappa shape index (κ1) is 9.97. The second-order valence-electron chi connectivity index (χ2n) is 3.77. The molecule has 0 spiro atoms. The average Bonchev–Trinajstić information content (AvgIpc) is 2.45. The van der Waals surface area contributed by atoms with Crippen LogP contribution in [0.15, 0.2) is 18.2 Å². The predicted octanol–water partition coefficient (Wildman–Crippen LogP) is 2.12. The minimum Gasteiger partial charge on any atom is -0.383 e. The summed E-state index contributed by atoms with van der Waals surface area (Å²) in [6.45, 7) is 0.334. The van der Waals surface area contributed by atoms with Crippen molar-refractivity contribution >= 4 is 11.6 Å². The van der Waals surface area contributed by atoms with Gasteiger partial charge in [-0.1, -0.05) is 17.7 Å². The number of hydrogen-bond donors (Lipinski definition) is 1. The molecule has 0 aliphatic heterocycles. The van der Waals surface area contributed by atoms with Crippen molar-refractivity contribution in [1.82, 2.24) is 0 Å². The quantitative estimate of drug-likeness (QED) is 0.814. The van der Waals surface area contributed by atoms with E-state index in [9.17, 15) is 5.11 Å². The van der Waals surface area contributed by atoms with Crippen molar-refractivity contribution in [3.63, 3.8) is 0 Å². The summed E-state index contributed by atoms with van der Waals surface area (Å²) in [6, 6.07) is 5.67. The lowest BCUT2D eigenvalue weighted by atomic mass is 9.97. The highest BCUT2D eigenvalue weighted by Gasteiger charge is 2.36. The van der Waals surface area contributed by atoms with Gasteiger partial charge in [0.15, 0.2) is 0 Å². The smallest absolute Gasteiger partial charge is 0.113 e. The van der Waals surface area contributed by atoms with Crippen molar-refractivity contribution < 1.29 is 9.84 Å². The Labute approximate surface area is 88.5 Å². The maximum Gasteiger partial charge on any atom is 0.113 e. The number of methoxy groups -OCH3 is 1. The normalized spacial score (nSPS) is 25.1. The average molecular weight is 213 g/mol. The van der Waals surface area contributed by atoms with E-state index in [0.29, 0.717) is 11.6 Å². The van der Waals surface area contributed by atoms with Gasteiger partial charge in [-0.25, -0.2) is 0 Å². The third kappa shape index (κ3) is 1.54. The Morgan fingerprint density at radius 2 is 2.36 bits per heavy atom. The zero-order chi connectivity index (χ0) is 10.2. The Kier molecular flexibility index (Phi) is 2.52. The molecule has 0 aromatic heterocycles. The van der Waals surface area contributed by atoms with Crippen LogP contribution >= 0.6 is 11.6 Å². The summed E-state index contributed by atoms with van der Waals surface area (Å²) in [5.41, 5.74) is 1.26. The van der Waals surface area contributed by atoms with Gasteiger partial charge in [0.2, 0.25) is 0 Å². The molecule has 0 fully saturated rings. The van der Waals surface area contributed by atoms with Gasteiger partial charge >= 0.3 is 0 Å². The van der Waals surface area contributed by atoms with E-state index in [1.807, 2.05) is 18.2 Å². The molecule has 3 heteroatoms. The predicted molar refractivity (Wildman–Crippen MR) is 55.5 cm³/mol. The van der Waals surface area contributed by atoms with Gasteiger partial charge in [-0.2, -0.15) is 0 Å². The molecule has 1 aromatic carbocycles. The van der Waals surface area contributed by atoms with Crippen molar-refractivity contribution in [2.24, 2.45) is 0 Å². The van der Waals surface area contributed by atoms with Gasteiger partial charge < -0.3 is 9.84 Å². The van der Waals surface area contributed by atoms with E-state index in [-0.39, 0.29) is 0 Å². The number of halogens is 1. The summed E-state index contributed by atoms with van der Waals surface area (Å²) in [4.78, 5) is 0. The molecule has 1 aliphatic rings. The molecule has 2 rings (SSSR count). The van der Waals surface area contributed by atoms with Crippen molar-refractivity contribution in [3.05, 3.63) is 34.3 Å². The molecule has 1 aliphatic carbocycles. The first-order valence-electron chi connectivity index (χ1n) is 4.66. The van der Waals surface area contributed by atoms with Crippen LogP contribution in [0.5, 0.6) is 0 Å². The summed E-state index contributed by atoms with van der Waals surface area (Å²) in [6.07, 6.45) is 1.61. The highest BCUT2D eigenvalue weighted by atomic mass is 35.5. The minimum absolute atomic E-state index is 0.334. The number of aryl methyl sites for hydroxylation is 1. The zero-order valence-corrected chi connectivity index (χ0v) is 8.84. The number of aliphatic hydroxyl groups is 1. The Bertz CT molecular complexity index is 347. The van der Waals surface area contributed by atoms with Crippen LogP contribution < -0.4 is 0 Å². The van der Waals surface area contributed by atoms with Crippen LogP contribution in [0.1, 0.15) is 17.5 Å². The van der Waals surface area contributed by atoms with Crippen molar-refractivity contribution in [3.8, 4) is 0 Å². The fraction of sp³-hybridized carbons (Fsp3) is 0.455. The van der Waals surface area contributed by atoms with Gasteiger partial charge in [0.05, 0.1) is 6.61 Å². The Hall–Kier alpha value is -0.570. The number of hydrogen-bond acceptors (Lipinski definition) is 2. The molecule has 1 N–H and O–H groups in total. The van der Waals surface area contributed by atoms with Gasteiger partial charge in [-0.3, -0.25) is 0 Å². The molecule has 14 heavy (non-hydrogen) atoms. The van der Waals surface area contributed by atoms with Gasteiger partial charge in [-0.05, 0) is 36.1 Å². The Balaban J connectivity index is 2.41. The Morgan fingerprint density at radius 3 is 3.07 bits per heavy atom. The molecular weight excluding hydrogens is 200 g/mol. The van der Waals surface area contributed by atoms with E-state index in [2.05, 4.69) is 0 Å². The van der Waals surface area contributed by atoms with Crippen molar-refractivity contribution in [2.45, 2.75) is 18.4 Å². The zero-order valence-electron chi connectivity index (χ0n) is 8.09. The van der Waals surface area contributed by atoms with E-state index in [1.54, 1.807) is 7.11 Å². The summed E-state index contributed by atoms with van der Waals surface area (Å²) in [5.74, 6) is 0. The van der Waals surface area contributed by atoms with Gasteiger partial charge in [0.1, 0.15) is 5.60 Å². The minimum atomic E-state index is -0.838. The molecule has 1 aromatic rings. The summed E-state index contributed by atoms with van der Waals surface area (Å²) in [5, 5.41) is 11.0. The standard InChI is InChI=1S/C11H13ClO2/c1-14-7-11(13)5-4-8-2-3-9(12)6-10(8)11/h2-3,6,13H,4-5,7H2,1H3. The van der Waals surface area contributed by atoms with E-state index in [1.165, 1.54) is 5.56 Å². The molecule has 76 valence electrons. The van der Waals surface area contributed by atoms with Crippen LogP contribution in [0.2, 0.25) is 5.02 Å². The first-order valence-corrected chi connectivity index (χ1v) is 5.04. The summed E-state index contributed by atoms with van der Waals surface area (Å²) >= 11 is 5.90. The van der Waals surface area contributed by atoms with E-state index >= 15 is 0 Å². The van der Waals surface area contributed by atoms with Crippen LogP contribution in [0.4, 0.5) is 0 Å². The molecule has 0 saturated heterocycles. The molecule has 1 unspecified atom stereocenters. The number of benzene rings is 1. The highest BCUT2D eigenvalue weighted by Crippen LogP contribution is 2.38. The highest BCUT2D eigenvalue weighted by molar-refractivity contribution is 6.30. The third-order valence-electron chi connectivity index (χ3n) is 2.76. The van der Waals surface area contributed by atoms with Gasteiger partial charge in [-0.15, -0.1) is 0 Å².